The maximum absolute atomic E-state index is 13.1. The van der Waals surface area contributed by atoms with E-state index >= 15 is 0 Å². The van der Waals surface area contributed by atoms with Crippen molar-refractivity contribution in [3.63, 3.8) is 0 Å². The Morgan fingerprint density at radius 2 is 1.65 bits per heavy atom. The summed E-state index contributed by atoms with van der Waals surface area (Å²) in [7, 11) is -3.78. The molecular formula is C20H16N2O3S. The lowest BCUT2D eigenvalue weighted by Gasteiger charge is -2.07. The van der Waals surface area contributed by atoms with Crippen LogP contribution in [0, 0.1) is 6.92 Å². The monoisotopic (exact) mass is 364 g/mol. The Bertz CT molecular complexity index is 1160. The molecule has 0 spiro atoms. The van der Waals surface area contributed by atoms with Crippen molar-refractivity contribution < 1.29 is 13.2 Å². The molecule has 0 radical (unpaired) electrons. The Labute approximate surface area is 151 Å². The van der Waals surface area contributed by atoms with E-state index in [9.17, 15) is 8.42 Å². The predicted octanol–water partition coefficient (Wildman–Crippen LogP) is 4.37. The number of fused-ring (bicyclic) bond motifs is 1. The Balaban J connectivity index is 1.87. The molecule has 4 aromatic rings. The number of rotatable bonds is 4. The van der Waals surface area contributed by atoms with E-state index in [0.717, 1.165) is 5.56 Å². The fourth-order valence-corrected chi connectivity index (χ4v) is 4.02. The molecule has 0 saturated carbocycles. The van der Waals surface area contributed by atoms with Gasteiger partial charge in [0, 0.05) is 6.20 Å². The summed E-state index contributed by atoms with van der Waals surface area (Å²) < 4.78 is 33.3. The zero-order chi connectivity index (χ0) is 18.1. The molecule has 0 saturated heterocycles. The molecule has 0 N–H and O–H groups in total. The Morgan fingerprint density at radius 1 is 0.923 bits per heavy atom. The summed E-state index contributed by atoms with van der Waals surface area (Å²) in [4.78, 5) is 4.46. The molecule has 0 aliphatic heterocycles. The highest BCUT2D eigenvalue weighted by molar-refractivity contribution is 7.90. The van der Waals surface area contributed by atoms with Gasteiger partial charge in [0.2, 0.25) is 0 Å². The van der Waals surface area contributed by atoms with E-state index < -0.39 is 10.0 Å². The molecule has 130 valence electrons. The summed E-state index contributed by atoms with van der Waals surface area (Å²) in [5.74, 6) is 1.07. The molecule has 0 unspecified atom stereocenters. The Kier molecular flexibility index (Phi) is 3.97. The van der Waals surface area contributed by atoms with Crippen molar-refractivity contribution in [3.05, 3.63) is 84.7 Å². The lowest BCUT2D eigenvalue weighted by atomic mass is 10.2. The first kappa shape index (κ1) is 16.4. The lowest BCUT2D eigenvalue weighted by Crippen LogP contribution is -2.12. The molecule has 0 aliphatic rings. The van der Waals surface area contributed by atoms with E-state index in [-0.39, 0.29) is 4.90 Å². The number of nitrogens with zero attached hydrogens (tertiary/aromatic N) is 2. The SMILES string of the molecule is Cc1ccc(S(=O)(=O)n2cc(Oc3ccccc3)c3cccnc32)cc1. The largest absolute Gasteiger partial charge is 0.455 e. The van der Waals surface area contributed by atoms with Crippen LogP contribution in [-0.2, 0) is 10.0 Å². The van der Waals surface area contributed by atoms with Crippen molar-refractivity contribution in [2.24, 2.45) is 0 Å². The summed E-state index contributed by atoms with van der Waals surface area (Å²) in [6.07, 6.45) is 3.04. The van der Waals surface area contributed by atoms with E-state index in [2.05, 4.69) is 4.98 Å². The summed E-state index contributed by atoms with van der Waals surface area (Å²) in [5.41, 5.74) is 1.33. The van der Waals surface area contributed by atoms with Gasteiger partial charge in [0.25, 0.3) is 10.0 Å². The molecule has 6 heteroatoms. The van der Waals surface area contributed by atoms with Crippen molar-refractivity contribution >= 4 is 21.1 Å². The standard InChI is InChI=1S/C20H16N2O3S/c1-15-9-11-17(12-10-15)26(23,24)22-14-19(18-8-5-13-21-20(18)22)25-16-6-3-2-4-7-16/h2-14H,1H3. The van der Waals surface area contributed by atoms with Crippen LogP contribution in [0.4, 0.5) is 0 Å². The summed E-state index contributed by atoms with van der Waals surface area (Å²) in [6, 6.07) is 19.5. The van der Waals surface area contributed by atoms with Crippen LogP contribution in [0.1, 0.15) is 5.56 Å². The second-order valence-electron chi connectivity index (χ2n) is 5.90. The highest BCUT2D eigenvalue weighted by atomic mass is 32.2. The molecule has 2 aromatic carbocycles. The third kappa shape index (κ3) is 2.84. The number of para-hydroxylation sites is 1. The van der Waals surface area contributed by atoms with E-state index in [1.165, 1.54) is 10.2 Å². The lowest BCUT2D eigenvalue weighted by molar-refractivity contribution is 0.487. The number of hydrogen-bond acceptors (Lipinski definition) is 4. The number of ether oxygens (including phenoxy) is 1. The first-order chi connectivity index (χ1) is 12.6. The molecular weight excluding hydrogens is 348 g/mol. The van der Waals surface area contributed by atoms with Gasteiger partial charge in [0.1, 0.15) is 5.75 Å². The van der Waals surface area contributed by atoms with Gasteiger partial charge in [-0.3, -0.25) is 0 Å². The minimum atomic E-state index is -3.78. The van der Waals surface area contributed by atoms with E-state index in [0.29, 0.717) is 22.5 Å². The number of aryl methyl sites for hydroxylation is 1. The van der Waals surface area contributed by atoms with Crippen molar-refractivity contribution in [3.8, 4) is 11.5 Å². The van der Waals surface area contributed by atoms with Crippen LogP contribution in [0.15, 0.2) is 84.0 Å². The second kappa shape index (κ2) is 6.31. The average molecular weight is 364 g/mol. The smallest absolute Gasteiger partial charge is 0.269 e. The summed E-state index contributed by atoms with van der Waals surface area (Å²) in [6.45, 7) is 1.91. The molecule has 0 bridgehead atoms. The molecule has 0 fully saturated rings. The van der Waals surface area contributed by atoms with Gasteiger partial charge >= 0.3 is 0 Å². The van der Waals surface area contributed by atoms with Gasteiger partial charge in [-0.25, -0.2) is 17.4 Å². The number of benzene rings is 2. The first-order valence-corrected chi connectivity index (χ1v) is 9.51. The Morgan fingerprint density at radius 3 is 2.38 bits per heavy atom. The van der Waals surface area contributed by atoms with E-state index in [1.807, 2.05) is 37.3 Å². The number of pyridine rings is 1. The zero-order valence-electron chi connectivity index (χ0n) is 14.0. The van der Waals surface area contributed by atoms with E-state index in [1.54, 1.807) is 42.6 Å². The minimum Gasteiger partial charge on any atom is -0.455 e. The average Bonchev–Trinajstić information content (AvgIpc) is 3.02. The Hall–Kier alpha value is -3.12. The van der Waals surface area contributed by atoms with Gasteiger partial charge in [0.15, 0.2) is 11.4 Å². The summed E-state index contributed by atoms with van der Waals surface area (Å²) >= 11 is 0. The van der Waals surface area contributed by atoms with Crippen LogP contribution in [0.3, 0.4) is 0 Å². The van der Waals surface area contributed by atoms with E-state index in [4.69, 9.17) is 4.74 Å². The molecule has 2 aromatic heterocycles. The van der Waals surface area contributed by atoms with Crippen LogP contribution < -0.4 is 4.74 Å². The second-order valence-corrected chi connectivity index (χ2v) is 7.71. The maximum Gasteiger partial charge on any atom is 0.269 e. The molecule has 26 heavy (non-hydrogen) atoms. The van der Waals surface area contributed by atoms with Crippen LogP contribution in [0.2, 0.25) is 0 Å². The van der Waals surface area contributed by atoms with Gasteiger partial charge in [0.05, 0.1) is 16.5 Å². The molecule has 4 rings (SSSR count). The minimum absolute atomic E-state index is 0.205. The van der Waals surface area contributed by atoms with Crippen molar-refractivity contribution in [1.82, 2.24) is 8.96 Å². The van der Waals surface area contributed by atoms with Crippen molar-refractivity contribution in [2.45, 2.75) is 11.8 Å². The normalized spacial score (nSPS) is 11.6. The third-order valence-electron chi connectivity index (χ3n) is 4.04. The molecule has 0 atom stereocenters. The van der Waals surface area contributed by atoms with Gasteiger partial charge in [-0.05, 0) is 43.3 Å². The van der Waals surface area contributed by atoms with Gasteiger partial charge in [-0.15, -0.1) is 0 Å². The predicted molar refractivity (Wildman–Crippen MR) is 100 cm³/mol. The topological polar surface area (TPSA) is 61.2 Å². The molecule has 0 aliphatic carbocycles. The molecule has 5 nitrogen and oxygen atoms in total. The molecule has 2 heterocycles. The van der Waals surface area contributed by atoms with Crippen LogP contribution in [-0.4, -0.2) is 17.4 Å². The zero-order valence-corrected chi connectivity index (χ0v) is 14.8. The van der Waals surface area contributed by atoms with Crippen LogP contribution in [0.25, 0.3) is 11.0 Å². The first-order valence-electron chi connectivity index (χ1n) is 8.07. The maximum atomic E-state index is 13.1. The highest BCUT2D eigenvalue weighted by Gasteiger charge is 2.22. The number of aromatic nitrogens is 2. The fraction of sp³-hybridized carbons (Fsp3) is 0.0500. The summed E-state index contributed by atoms with van der Waals surface area (Å²) in [5, 5.41) is 0.632. The van der Waals surface area contributed by atoms with Crippen LogP contribution >= 0.6 is 0 Å². The van der Waals surface area contributed by atoms with Gasteiger partial charge in [-0.2, -0.15) is 0 Å². The van der Waals surface area contributed by atoms with Crippen molar-refractivity contribution in [1.29, 1.82) is 0 Å². The van der Waals surface area contributed by atoms with Crippen LogP contribution in [0.5, 0.6) is 11.5 Å². The number of hydrogen-bond donors (Lipinski definition) is 0. The van der Waals surface area contributed by atoms with Gasteiger partial charge in [-0.1, -0.05) is 35.9 Å². The third-order valence-corrected chi connectivity index (χ3v) is 5.71. The van der Waals surface area contributed by atoms with Gasteiger partial charge < -0.3 is 4.74 Å². The van der Waals surface area contributed by atoms with Crippen molar-refractivity contribution in [2.75, 3.05) is 0 Å². The molecule has 0 amide bonds. The fourth-order valence-electron chi connectivity index (χ4n) is 2.71. The quantitative estimate of drug-likeness (QED) is 0.539. The highest BCUT2D eigenvalue weighted by Crippen LogP contribution is 2.33.